The zero-order chi connectivity index (χ0) is 15.1. The Morgan fingerprint density at radius 1 is 0.810 bits per heavy atom. The molecule has 2 aromatic rings. The maximum absolute atomic E-state index is 3.69. The molecule has 0 spiro atoms. The Morgan fingerprint density at radius 3 is 2.00 bits per heavy atom. The molecule has 2 atom stereocenters. The first-order valence-corrected chi connectivity index (χ1v) is 8.17. The van der Waals surface area contributed by atoms with Gasteiger partial charge in [-0.1, -0.05) is 75.4 Å². The molecule has 21 heavy (non-hydrogen) atoms. The van der Waals surface area contributed by atoms with E-state index in [0.717, 1.165) is 19.4 Å². The average Bonchev–Trinajstić information content (AvgIpc) is 2.56. The van der Waals surface area contributed by atoms with Gasteiger partial charge in [0.15, 0.2) is 0 Å². The molecule has 2 unspecified atom stereocenters. The van der Waals surface area contributed by atoms with Crippen molar-refractivity contribution in [3.05, 3.63) is 71.3 Å². The van der Waals surface area contributed by atoms with Crippen molar-refractivity contribution in [1.82, 2.24) is 5.32 Å². The molecule has 0 amide bonds. The lowest BCUT2D eigenvalue weighted by Crippen LogP contribution is -2.27. The third kappa shape index (κ3) is 3.95. The minimum absolute atomic E-state index is 0.383. The normalized spacial score (nSPS) is 13.9. The van der Waals surface area contributed by atoms with Crippen molar-refractivity contribution in [3.8, 4) is 0 Å². The first-order valence-electron chi connectivity index (χ1n) is 8.17. The summed E-state index contributed by atoms with van der Waals surface area (Å²) in [4.78, 5) is 0. The number of hydrogen-bond donors (Lipinski definition) is 1. The summed E-state index contributed by atoms with van der Waals surface area (Å²) in [6.07, 6.45) is 2.24. The average molecular weight is 281 g/mol. The van der Waals surface area contributed by atoms with E-state index in [-0.39, 0.29) is 0 Å². The van der Waals surface area contributed by atoms with Crippen LogP contribution in [-0.2, 0) is 6.42 Å². The van der Waals surface area contributed by atoms with Crippen LogP contribution < -0.4 is 5.32 Å². The molecule has 0 aliphatic rings. The molecule has 1 nitrogen and oxygen atoms in total. The molecule has 112 valence electrons. The number of nitrogens with one attached hydrogen (secondary N) is 1. The smallest absolute Gasteiger partial charge is 0.0389 e. The van der Waals surface area contributed by atoms with Crippen LogP contribution in [0.3, 0.4) is 0 Å². The Morgan fingerprint density at radius 2 is 1.48 bits per heavy atom. The number of likely N-dealkylation sites (N-methyl/N-ethyl adjacent to an activating group) is 1. The van der Waals surface area contributed by atoms with Gasteiger partial charge in [0, 0.05) is 12.0 Å². The summed E-state index contributed by atoms with van der Waals surface area (Å²) in [5.41, 5.74) is 4.22. The molecule has 1 N–H and O–H groups in total. The van der Waals surface area contributed by atoms with Crippen LogP contribution in [0.2, 0.25) is 0 Å². The number of benzene rings is 2. The highest BCUT2D eigenvalue weighted by Crippen LogP contribution is 2.33. The summed E-state index contributed by atoms with van der Waals surface area (Å²) >= 11 is 0. The molecule has 0 radical (unpaired) electrons. The highest BCUT2D eigenvalue weighted by molar-refractivity contribution is 5.30. The van der Waals surface area contributed by atoms with Crippen molar-refractivity contribution in [3.63, 3.8) is 0 Å². The molecule has 2 aromatic carbocycles. The minimum atomic E-state index is 0.383. The molecule has 0 aromatic heterocycles. The summed E-state index contributed by atoms with van der Waals surface area (Å²) in [6, 6.07) is 20.4. The predicted molar refractivity (Wildman–Crippen MR) is 91.7 cm³/mol. The van der Waals surface area contributed by atoms with E-state index in [1.807, 2.05) is 0 Å². The predicted octanol–water partition coefficient (Wildman–Crippen LogP) is 5.09. The Bertz CT molecular complexity index is 515. The molecule has 0 fully saturated rings. The Hall–Kier alpha value is -1.60. The van der Waals surface area contributed by atoms with Crippen molar-refractivity contribution in [2.24, 2.45) is 0 Å². The van der Waals surface area contributed by atoms with Crippen molar-refractivity contribution in [2.75, 3.05) is 6.54 Å². The molecular formula is C20H27N. The topological polar surface area (TPSA) is 12.0 Å². The standard InChI is InChI=1S/C20H27N/c1-4-16-12-14-18(15-13-16)20(21-6-3)19(5-2)17-10-8-7-9-11-17/h7-15,19-21H,4-6H2,1-3H3. The molecule has 0 saturated heterocycles. The number of rotatable bonds is 7. The van der Waals surface area contributed by atoms with Crippen molar-refractivity contribution in [2.45, 2.75) is 45.6 Å². The molecule has 2 rings (SSSR count). The van der Waals surface area contributed by atoms with Gasteiger partial charge in [-0.05, 0) is 36.1 Å². The van der Waals surface area contributed by atoms with Crippen LogP contribution in [0.25, 0.3) is 0 Å². The Balaban J connectivity index is 2.31. The molecule has 0 bridgehead atoms. The third-order valence-electron chi connectivity index (χ3n) is 4.24. The highest BCUT2D eigenvalue weighted by atomic mass is 14.9. The van der Waals surface area contributed by atoms with Gasteiger partial charge in [-0.3, -0.25) is 0 Å². The van der Waals surface area contributed by atoms with E-state index in [1.165, 1.54) is 16.7 Å². The van der Waals surface area contributed by atoms with Crippen LogP contribution in [0, 0.1) is 0 Å². The quantitative estimate of drug-likeness (QED) is 0.745. The van der Waals surface area contributed by atoms with Gasteiger partial charge >= 0.3 is 0 Å². The lowest BCUT2D eigenvalue weighted by Gasteiger charge is -2.28. The summed E-state index contributed by atoms with van der Waals surface area (Å²) in [7, 11) is 0. The van der Waals surface area contributed by atoms with Gasteiger partial charge in [0.25, 0.3) is 0 Å². The van der Waals surface area contributed by atoms with E-state index < -0.39 is 0 Å². The number of hydrogen-bond acceptors (Lipinski definition) is 1. The molecule has 0 saturated carbocycles. The number of aryl methyl sites for hydroxylation is 1. The molecule has 0 aliphatic carbocycles. The molecule has 0 heterocycles. The van der Waals surface area contributed by atoms with Gasteiger partial charge < -0.3 is 5.32 Å². The second-order valence-electron chi connectivity index (χ2n) is 5.56. The first-order chi connectivity index (χ1) is 10.3. The van der Waals surface area contributed by atoms with Crippen LogP contribution in [0.4, 0.5) is 0 Å². The maximum Gasteiger partial charge on any atom is 0.0389 e. The lowest BCUT2D eigenvalue weighted by atomic mass is 9.85. The van der Waals surface area contributed by atoms with Crippen molar-refractivity contribution < 1.29 is 0 Å². The third-order valence-corrected chi connectivity index (χ3v) is 4.24. The minimum Gasteiger partial charge on any atom is -0.310 e. The fourth-order valence-electron chi connectivity index (χ4n) is 3.04. The monoisotopic (exact) mass is 281 g/mol. The van der Waals surface area contributed by atoms with Crippen molar-refractivity contribution in [1.29, 1.82) is 0 Å². The van der Waals surface area contributed by atoms with Crippen LogP contribution in [-0.4, -0.2) is 6.54 Å². The van der Waals surface area contributed by atoms with Crippen LogP contribution in [0.5, 0.6) is 0 Å². The summed E-state index contributed by atoms with van der Waals surface area (Å²) < 4.78 is 0. The second kappa shape index (κ2) is 7.99. The lowest BCUT2D eigenvalue weighted by molar-refractivity contribution is 0.445. The fourth-order valence-corrected chi connectivity index (χ4v) is 3.04. The van der Waals surface area contributed by atoms with E-state index in [2.05, 4.69) is 80.7 Å². The summed E-state index contributed by atoms with van der Waals surface area (Å²) in [5.74, 6) is 0.513. The van der Waals surface area contributed by atoms with Gasteiger partial charge in [-0.15, -0.1) is 0 Å². The zero-order valence-electron chi connectivity index (χ0n) is 13.5. The Kier molecular flexibility index (Phi) is 6.01. The van der Waals surface area contributed by atoms with E-state index in [9.17, 15) is 0 Å². The van der Waals surface area contributed by atoms with Crippen LogP contribution >= 0.6 is 0 Å². The van der Waals surface area contributed by atoms with E-state index in [4.69, 9.17) is 0 Å². The van der Waals surface area contributed by atoms with Gasteiger partial charge in [-0.25, -0.2) is 0 Å². The fraction of sp³-hybridized carbons (Fsp3) is 0.400. The summed E-state index contributed by atoms with van der Waals surface area (Å²) in [6.45, 7) is 7.66. The van der Waals surface area contributed by atoms with E-state index in [0.29, 0.717) is 12.0 Å². The van der Waals surface area contributed by atoms with Gasteiger partial charge in [0.05, 0.1) is 0 Å². The maximum atomic E-state index is 3.69. The molecular weight excluding hydrogens is 254 g/mol. The molecule has 0 aliphatic heterocycles. The van der Waals surface area contributed by atoms with Gasteiger partial charge in [-0.2, -0.15) is 0 Å². The summed E-state index contributed by atoms with van der Waals surface area (Å²) in [5, 5.41) is 3.69. The van der Waals surface area contributed by atoms with Gasteiger partial charge in [0.2, 0.25) is 0 Å². The highest BCUT2D eigenvalue weighted by Gasteiger charge is 2.22. The SMILES string of the molecule is CCNC(c1ccc(CC)cc1)C(CC)c1ccccc1. The van der Waals surface area contributed by atoms with Crippen molar-refractivity contribution >= 4 is 0 Å². The van der Waals surface area contributed by atoms with E-state index >= 15 is 0 Å². The van der Waals surface area contributed by atoms with Crippen LogP contribution in [0.1, 0.15) is 55.8 Å². The van der Waals surface area contributed by atoms with Gasteiger partial charge in [0.1, 0.15) is 0 Å². The van der Waals surface area contributed by atoms with Crippen LogP contribution in [0.15, 0.2) is 54.6 Å². The zero-order valence-corrected chi connectivity index (χ0v) is 13.5. The van der Waals surface area contributed by atoms with E-state index in [1.54, 1.807) is 0 Å². The molecule has 1 heteroatoms. The largest absolute Gasteiger partial charge is 0.310 e. The first kappa shape index (κ1) is 15.8. The Labute approximate surface area is 129 Å². The second-order valence-corrected chi connectivity index (χ2v) is 5.56.